The van der Waals surface area contributed by atoms with Gasteiger partial charge in [0.25, 0.3) is 0 Å². The van der Waals surface area contributed by atoms with Crippen LogP contribution >= 0.6 is 0 Å². The summed E-state index contributed by atoms with van der Waals surface area (Å²) in [6.07, 6.45) is 0. The van der Waals surface area contributed by atoms with Gasteiger partial charge < -0.3 is 4.90 Å². The molecule has 0 fully saturated rings. The first-order chi connectivity index (χ1) is 7.97. The summed E-state index contributed by atoms with van der Waals surface area (Å²) < 4.78 is 11.0. The number of carbonyl (C=O) groups is 1. The first kappa shape index (κ1) is 15.7. The summed E-state index contributed by atoms with van der Waals surface area (Å²) >= 11 is 0. The molecule has 0 radical (unpaired) electrons. The monoisotopic (exact) mass is 240 g/mol. The topological polar surface area (TPSA) is 23.6 Å². The molecule has 1 aromatic rings. The number of rotatable bonds is 4. The van der Waals surface area contributed by atoms with E-state index in [1.54, 1.807) is 14.1 Å². The molecule has 0 aliphatic rings. The van der Waals surface area contributed by atoms with E-state index in [1.807, 2.05) is 49.3 Å². The van der Waals surface area contributed by atoms with E-state index in [0.717, 1.165) is 5.56 Å². The quantitative estimate of drug-likeness (QED) is 0.593. The minimum absolute atomic E-state index is 0.167. The van der Waals surface area contributed by atoms with E-state index < -0.39 is 0 Å². The summed E-state index contributed by atoms with van der Waals surface area (Å²) in [5.41, 5.74) is 0.784. The number of nitrogens with zero attached hydrogens (tertiary/aromatic N) is 2. The largest absolute Gasteiger partial charge is 0.302 e. The van der Waals surface area contributed by atoms with Crippen molar-refractivity contribution in [3.05, 3.63) is 35.9 Å². The van der Waals surface area contributed by atoms with Crippen molar-refractivity contribution in [2.75, 3.05) is 41.5 Å². The lowest BCUT2D eigenvalue weighted by Crippen LogP contribution is -2.21. The van der Waals surface area contributed by atoms with Crippen LogP contribution in [0.3, 0.4) is 0 Å². The van der Waals surface area contributed by atoms with Crippen LogP contribution in [-0.2, 0) is 0 Å². The molecule has 3 nitrogen and oxygen atoms in total. The molecule has 0 unspecified atom stereocenters. The predicted molar refractivity (Wildman–Crippen MR) is 69.0 cm³/mol. The van der Waals surface area contributed by atoms with Gasteiger partial charge in [-0.15, -0.1) is 0 Å². The lowest BCUT2D eigenvalue weighted by Gasteiger charge is -2.07. The third kappa shape index (κ3) is 8.54. The van der Waals surface area contributed by atoms with Crippen molar-refractivity contribution >= 4 is 5.78 Å². The van der Waals surface area contributed by atoms with E-state index in [1.165, 1.54) is 4.90 Å². The molecule has 0 bridgehead atoms. The average molecular weight is 240 g/mol. The number of carbonyl (C=O) groups excluding carboxylic acids is 1. The molecule has 0 saturated carbocycles. The Hall–Kier alpha value is -1.26. The van der Waals surface area contributed by atoms with Crippen LogP contribution in [0.15, 0.2) is 30.3 Å². The molecule has 96 valence electrons. The van der Waals surface area contributed by atoms with Crippen molar-refractivity contribution in [3.8, 4) is 0 Å². The standard InChI is InChI=1S/C10H13NO.C3H8FN/c1-11(2)8-10(12)9-6-4-3-5-7-9;1-5(2)3-4/h3-7H,8H2,1-2H3;3H2,1-2H3. The Balaban J connectivity index is 0.000000437. The van der Waals surface area contributed by atoms with Crippen LogP contribution in [0.2, 0.25) is 0 Å². The van der Waals surface area contributed by atoms with Crippen LogP contribution in [0.25, 0.3) is 0 Å². The Bertz CT molecular complexity index is 312. The normalized spacial score (nSPS) is 10.1. The van der Waals surface area contributed by atoms with Gasteiger partial charge in [-0.1, -0.05) is 30.3 Å². The van der Waals surface area contributed by atoms with Gasteiger partial charge in [0.2, 0.25) is 0 Å². The molecule has 0 saturated heterocycles. The Morgan fingerprint density at radius 1 is 1.06 bits per heavy atom. The SMILES string of the molecule is CN(C)CC(=O)c1ccccc1.CN(C)CF. The number of hydrogen-bond acceptors (Lipinski definition) is 3. The molecular weight excluding hydrogens is 219 g/mol. The van der Waals surface area contributed by atoms with Crippen molar-refractivity contribution in [1.29, 1.82) is 0 Å². The minimum atomic E-state index is -0.361. The molecule has 0 spiro atoms. The number of hydrogen-bond donors (Lipinski definition) is 0. The fourth-order valence-electron chi connectivity index (χ4n) is 1.00. The van der Waals surface area contributed by atoms with Gasteiger partial charge in [0.15, 0.2) is 5.78 Å². The molecule has 0 aromatic heterocycles. The van der Waals surface area contributed by atoms with Crippen molar-refractivity contribution in [3.63, 3.8) is 0 Å². The van der Waals surface area contributed by atoms with Crippen LogP contribution in [0.4, 0.5) is 4.39 Å². The summed E-state index contributed by atoms with van der Waals surface area (Å²) in [7, 11) is 7.14. The first-order valence-electron chi connectivity index (χ1n) is 5.41. The number of likely N-dealkylation sites (N-methyl/N-ethyl adjacent to an activating group) is 1. The Morgan fingerprint density at radius 2 is 1.53 bits per heavy atom. The number of Topliss-reactive ketones (excluding diaryl/α,β-unsaturated/α-hetero) is 1. The molecule has 1 rings (SSSR count). The zero-order valence-electron chi connectivity index (χ0n) is 11.0. The molecule has 0 aliphatic heterocycles. The molecule has 0 N–H and O–H groups in total. The lowest BCUT2D eigenvalue weighted by molar-refractivity contribution is 0.0958. The van der Waals surface area contributed by atoms with Crippen molar-refractivity contribution in [1.82, 2.24) is 9.80 Å². The van der Waals surface area contributed by atoms with Crippen molar-refractivity contribution < 1.29 is 9.18 Å². The van der Waals surface area contributed by atoms with E-state index in [4.69, 9.17) is 0 Å². The molecule has 4 heteroatoms. The maximum atomic E-state index is 11.4. The highest BCUT2D eigenvalue weighted by atomic mass is 19.1. The average Bonchev–Trinajstić information content (AvgIpc) is 2.30. The number of benzene rings is 1. The fourth-order valence-corrected chi connectivity index (χ4v) is 1.00. The van der Waals surface area contributed by atoms with E-state index >= 15 is 0 Å². The maximum absolute atomic E-state index is 11.4. The van der Waals surface area contributed by atoms with Crippen molar-refractivity contribution in [2.24, 2.45) is 0 Å². The van der Waals surface area contributed by atoms with E-state index in [2.05, 4.69) is 0 Å². The molecular formula is C13H21FN2O. The second kappa shape index (κ2) is 8.84. The summed E-state index contributed by atoms with van der Waals surface area (Å²) in [6.45, 7) is 0.115. The summed E-state index contributed by atoms with van der Waals surface area (Å²) in [5.74, 6) is 0.167. The molecule has 0 atom stereocenters. The van der Waals surface area contributed by atoms with Gasteiger partial charge in [-0.25, -0.2) is 4.39 Å². The molecule has 0 heterocycles. The van der Waals surface area contributed by atoms with Crippen LogP contribution in [0.5, 0.6) is 0 Å². The van der Waals surface area contributed by atoms with Gasteiger partial charge in [-0.05, 0) is 28.2 Å². The van der Waals surface area contributed by atoms with Gasteiger partial charge in [-0.3, -0.25) is 9.69 Å². The Kier molecular flexibility index (Phi) is 8.19. The number of ketones is 1. The van der Waals surface area contributed by atoms with Gasteiger partial charge >= 0.3 is 0 Å². The highest BCUT2D eigenvalue weighted by Gasteiger charge is 2.04. The van der Waals surface area contributed by atoms with Crippen molar-refractivity contribution in [2.45, 2.75) is 0 Å². The van der Waals surface area contributed by atoms with Gasteiger partial charge in [0, 0.05) is 5.56 Å². The van der Waals surface area contributed by atoms with Gasteiger partial charge in [0.05, 0.1) is 6.54 Å². The highest BCUT2D eigenvalue weighted by Crippen LogP contribution is 1.99. The van der Waals surface area contributed by atoms with E-state index in [-0.39, 0.29) is 12.6 Å². The number of halogens is 1. The third-order valence-corrected chi connectivity index (χ3v) is 1.79. The lowest BCUT2D eigenvalue weighted by atomic mass is 10.1. The zero-order valence-corrected chi connectivity index (χ0v) is 11.0. The first-order valence-corrected chi connectivity index (χ1v) is 5.41. The van der Waals surface area contributed by atoms with Crippen LogP contribution in [0.1, 0.15) is 10.4 Å². The summed E-state index contributed by atoms with van der Waals surface area (Å²) in [6, 6.07) is 9.34. The highest BCUT2D eigenvalue weighted by molar-refractivity contribution is 5.97. The molecule has 1 aromatic carbocycles. The van der Waals surface area contributed by atoms with Gasteiger partial charge in [0.1, 0.15) is 6.80 Å². The van der Waals surface area contributed by atoms with Crippen LogP contribution < -0.4 is 0 Å². The second-order valence-corrected chi connectivity index (χ2v) is 4.23. The summed E-state index contributed by atoms with van der Waals surface area (Å²) in [5, 5.41) is 0. The van der Waals surface area contributed by atoms with Crippen LogP contribution in [-0.4, -0.2) is 57.1 Å². The third-order valence-electron chi connectivity index (χ3n) is 1.79. The molecule has 0 aliphatic carbocycles. The second-order valence-electron chi connectivity index (χ2n) is 4.23. The van der Waals surface area contributed by atoms with E-state index in [0.29, 0.717) is 6.54 Å². The van der Waals surface area contributed by atoms with E-state index in [9.17, 15) is 9.18 Å². The fraction of sp³-hybridized carbons (Fsp3) is 0.462. The number of alkyl halides is 1. The Labute approximate surface area is 103 Å². The minimum Gasteiger partial charge on any atom is -0.302 e. The van der Waals surface area contributed by atoms with Gasteiger partial charge in [-0.2, -0.15) is 0 Å². The maximum Gasteiger partial charge on any atom is 0.176 e. The van der Waals surface area contributed by atoms with Crippen LogP contribution in [0, 0.1) is 0 Å². The molecule has 0 amide bonds. The smallest absolute Gasteiger partial charge is 0.176 e. The Morgan fingerprint density at radius 3 is 1.88 bits per heavy atom. The molecule has 17 heavy (non-hydrogen) atoms. The predicted octanol–water partition coefficient (Wildman–Crippen LogP) is 1.91. The zero-order chi connectivity index (χ0) is 13.3. The summed E-state index contributed by atoms with van der Waals surface area (Å²) in [4.78, 5) is 14.7.